The lowest BCUT2D eigenvalue weighted by atomic mass is 9.63. The first-order valence-electron chi connectivity index (χ1n) is 11.4. The number of carbonyl (C=O) groups is 1. The average Bonchev–Trinajstić information content (AvgIpc) is 3.29. The van der Waals surface area contributed by atoms with Crippen molar-refractivity contribution in [3.8, 4) is 0 Å². The van der Waals surface area contributed by atoms with Crippen LogP contribution in [0.4, 0.5) is 0 Å². The second kappa shape index (κ2) is 9.15. The molecule has 1 aliphatic heterocycles. The number of carbonyl (C=O) groups excluding carboxylic acids is 1. The third-order valence-corrected chi connectivity index (χ3v) is 7.30. The molecule has 30 heavy (non-hydrogen) atoms. The van der Waals surface area contributed by atoms with Gasteiger partial charge in [-0.25, -0.2) is 4.98 Å². The van der Waals surface area contributed by atoms with Crippen LogP contribution in [0.1, 0.15) is 56.1 Å². The van der Waals surface area contributed by atoms with Crippen molar-refractivity contribution >= 4 is 5.91 Å². The van der Waals surface area contributed by atoms with Crippen LogP contribution < -0.4 is 0 Å². The summed E-state index contributed by atoms with van der Waals surface area (Å²) in [7, 11) is 0. The molecule has 1 aromatic carbocycles. The standard InChI is InChI=1S/C25H34N4O/c1-20-8-10-22(11-9-20)16-21(2)24(30)28-14-12-25(13-15-28,17-29-19-26-18-27-29)23-6-4-3-5-7-23/h8-11,18-19,23H,2-7,12-17H2,1H3. The lowest BCUT2D eigenvalue weighted by Crippen LogP contribution is -2.49. The molecular weight excluding hydrogens is 372 g/mol. The van der Waals surface area contributed by atoms with Gasteiger partial charge in [-0.2, -0.15) is 5.10 Å². The van der Waals surface area contributed by atoms with Crippen LogP contribution in [0.15, 0.2) is 49.1 Å². The zero-order valence-corrected chi connectivity index (χ0v) is 18.2. The van der Waals surface area contributed by atoms with Crippen molar-refractivity contribution in [2.45, 2.75) is 64.8 Å². The minimum Gasteiger partial charge on any atom is -0.339 e. The molecule has 0 bridgehead atoms. The van der Waals surface area contributed by atoms with Crippen LogP contribution in [0, 0.1) is 18.3 Å². The minimum absolute atomic E-state index is 0.119. The third-order valence-electron chi connectivity index (χ3n) is 7.30. The summed E-state index contributed by atoms with van der Waals surface area (Å²) < 4.78 is 2.00. The first-order chi connectivity index (χ1) is 14.6. The SMILES string of the molecule is C=C(Cc1ccc(C)cc1)C(=O)N1CCC(Cn2cncn2)(C2CCCCC2)CC1. The van der Waals surface area contributed by atoms with E-state index < -0.39 is 0 Å². The van der Waals surface area contributed by atoms with Crippen LogP contribution >= 0.6 is 0 Å². The first kappa shape index (κ1) is 20.8. The highest BCUT2D eigenvalue weighted by atomic mass is 16.2. The summed E-state index contributed by atoms with van der Waals surface area (Å²) in [6.07, 6.45) is 12.8. The number of piperidine rings is 1. The van der Waals surface area contributed by atoms with E-state index in [2.05, 4.69) is 47.9 Å². The largest absolute Gasteiger partial charge is 0.339 e. The van der Waals surface area contributed by atoms with Gasteiger partial charge < -0.3 is 4.90 Å². The predicted molar refractivity (Wildman–Crippen MR) is 119 cm³/mol. The van der Waals surface area contributed by atoms with Crippen LogP contribution in [0.3, 0.4) is 0 Å². The highest BCUT2D eigenvalue weighted by Crippen LogP contribution is 2.47. The Morgan fingerprint density at radius 3 is 2.47 bits per heavy atom. The molecule has 0 spiro atoms. The van der Waals surface area contributed by atoms with Crippen molar-refractivity contribution in [1.82, 2.24) is 19.7 Å². The molecule has 4 rings (SSSR count). The second-order valence-corrected chi connectivity index (χ2v) is 9.35. The van der Waals surface area contributed by atoms with Crippen LogP contribution in [0.5, 0.6) is 0 Å². The van der Waals surface area contributed by atoms with Gasteiger partial charge in [0.2, 0.25) is 5.91 Å². The third kappa shape index (κ3) is 4.66. The minimum atomic E-state index is 0.119. The number of aryl methyl sites for hydroxylation is 1. The lowest BCUT2D eigenvalue weighted by Gasteiger charge is -2.48. The number of hydrogen-bond acceptors (Lipinski definition) is 3. The van der Waals surface area contributed by atoms with Crippen molar-refractivity contribution in [2.75, 3.05) is 13.1 Å². The molecule has 160 valence electrons. The normalized spacial score (nSPS) is 19.6. The van der Waals surface area contributed by atoms with E-state index in [0.29, 0.717) is 12.0 Å². The Kier molecular flexibility index (Phi) is 6.35. The Bertz CT molecular complexity index is 842. The number of hydrogen-bond donors (Lipinski definition) is 0. The average molecular weight is 407 g/mol. The van der Waals surface area contributed by atoms with Gasteiger partial charge in [0.25, 0.3) is 0 Å². The Morgan fingerprint density at radius 1 is 1.13 bits per heavy atom. The maximum Gasteiger partial charge on any atom is 0.249 e. The highest BCUT2D eigenvalue weighted by Gasteiger charge is 2.43. The maximum absolute atomic E-state index is 13.1. The Morgan fingerprint density at radius 2 is 1.83 bits per heavy atom. The molecule has 0 radical (unpaired) electrons. The van der Waals surface area contributed by atoms with E-state index in [1.54, 1.807) is 6.33 Å². The van der Waals surface area contributed by atoms with E-state index in [-0.39, 0.29) is 11.3 Å². The van der Waals surface area contributed by atoms with Gasteiger partial charge in [0.1, 0.15) is 12.7 Å². The van der Waals surface area contributed by atoms with Crippen molar-refractivity contribution in [3.63, 3.8) is 0 Å². The molecule has 2 fully saturated rings. The molecule has 0 unspecified atom stereocenters. The number of nitrogens with zero attached hydrogens (tertiary/aromatic N) is 4. The van der Waals surface area contributed by atoms with E-state index in [0.717, 1.165) is 44.0 Å². The van der Waals surface area contributed by atoms with Gasteiger partial charge in [-0.15, -0.1) is 0 Å². The zero-order valence-electron chi connectivity index (χ0n) is 18.2. The Labute approximate surface area is 180 Å². The molecular formula is C25H34N4O. The number of likely N-dealkylation sites (tertiary alicyclic amines) is 1. The Balaban J connectivity index is 1.40. The van der Waals surface area contributed by atoms with Crippen LogP contribution in [-0.2, 0) is 17.8 Å². The monoisotopic (exact) mass is 406 g/mol. The summed E-state index contributed by atoms with van der Waals surface area (Å²) in [6, 6.07) is 8.37. The topological polar surface area (TPSA) is 51.0 Å². The van der Waals surface area contributed by atoms with Crippen molar-refractivity contribution < 1.29 is 4.79 Å². The predicted octanol–water partition coefficient (Wildman–Crippen LogP) is 4.57. The van der Waals surface area contributed by atoms with Gasteiger partial charge >= 0.3 is 0 Å². The fraction of sp³-hybridized carbons (Fsp3) is 0.560. The van der Waals surface area contributed by atoms with E-state index in [9.17, 15) is 4.79 Å². The van der Waals surface area contributed by atoms with E-state index in [1.165, 1.54) is 37.7 Å². The first-order valence-corrected chi connectivity index (χ1v) is 11.4. The summed E-state index contributed by atoms with van der Waals surface area (Å²) in [5.41, 5.74) is 3.31. The van der Waals surface area contributed by atoms with Gasteiger partial charge in [0, 0.05) is 31.6 Å². The number of aromatic nitrogens is 3. The fourth-order valence-corrected chi connectivity index (χ4v) is 5.45. The molecule has 5 heteroatoms. The van der Waals surface area contributed by atoms with Crippen molar-refractivity contribution in [2.24, 2.45) is 11.3 Å². The molecule has 1 aromatic heterocycles. The lowest BCUT2D eigenvalue weighted by molar-refractivity contribution is -0.130. The van der Waals surface area contributed by atoms with E-state index in [4.69, 9.17) is 0 Å². The van der Waals surface area contributed by atoms with Crippen LogP contribution in [-0.4, -0.2) is 38.7 Å². The van der Waals surface area contributed by atoms with Gasteiger partial charge in [-0.3, -0.25) is 9.48 Å². The van der Waals surface area contributed by atoms with Gasteiger partial charge in [0.15, 0.2) is 0 Å². The van der Waals surface area contributed by atoms with E-state index in [1.807, 2.05) is 15.9 Å². The number of benzene rings is 1. The second-order valence-electron chi connectivity index (χ2n) is 9.35. The van der Waals surface area contributed by atoms with Gasteiger partial charge in [0.05, 0.1) is 0 Å². The maximum atomic E-state index is 13.1. The fourth-order valence-electron chi connectivity index (χ4n) is 5.45. The summed E-state index contributed by atoms with van der Waals surface area (Å²) >= 11 is 0. The number of rotatable bonds is 6. The zero-order chi connectivity index (χ0) is 21.0. The number of amides is 1. The highest BCUT2D eigenvalue weighted by molar-refractivity contribution is 5.93. The molecule has 1 saturated heterocycles. The molecule has 0 N–H and O–H groups in total. The molecule has 1 amide bonds. The molecule has 5 nitrogen and oxygen atoms in total. The summed E-state index contributed by atoms with van der Waals surface area (Å²) in [5.74, 6) is 0.844. The molecule has 0 atom stereocenters. The summed E-state index contributed by atoms with van der Waals surface area (Å²) in [4.78, 5) is 19.3. The molecule has 1 saturated carbocycles. The quantitative estimate of drug-likeness (QED) is 0.660. The molecule has 1 aliphatic carbocycles. The smallest absolute Gasteiger partial charge is 0.249 e. The molecule has 2 aromatic rings. The van der Waals surface area contributed by atoms with E-state index >= 15 is 0 Å². The van der Waals surface area contributed by atoms with Crippen molar-refractivity contribution in [3.05, 3.63) is 60.2 Å². The Hall–Kier alpha value is -2.43. The van der Waals surface area contributed by atoms with Gasteiger partial charge in [-0.05, 0) is 49.5 Å². The summed E-state index contributed by atoms with van der Waals surface area (Å²) in [6.45, 7) is 8.75. The van der Waals surface area contributed by atoms with Crippen LogP contribution in [0.25, 0.3) is 0 Å². The molecule has 2 aliphatic rings. The molecule has 2 heterocycles. The van der Waals surface area contributed by atoms with Crippen molar-refractivity contribution in [1.29, 1.82) is 0 Å². The summed E-state index contributed by atoms with van der Waals surface area (Å²) in [5, 5.41) is 4.40. The van der Waals surface area contributed by atoms with Crippen LogP contribution in [0.2, 0.25) is 0 Å². The van der Waals surface area contributed by atoms with Gasteiger partial charge in [-0.1, -0.05) is 55.7 Å².